The number of thioether (sulfide) groups is 1. The lowest BCUT2D eigenvalue weighted by Crippen LogP contribution is -2.57. The fourth-order valence-electron chi connectivity index (χ4n) is 3.12. The van der Waals surface area contributed by atoms with Gasteiger partial charge in [-0.3, -0.25) is 9.59 Å². The van der Waals surface area contributed by atoms with Crippen LogP contribution in [0, 0.1) is 5.82 Å². The number of carbonyl (C=O) groups excluding carboxylic acids is 2. The first-order valence-electron chi connectivity index (χ1n) is 8.17. The lowest BCUT2D eigenvalue weighted by Gasteiger charge is -2.35. The number of aliphatic hydroxyl groups is 1. The zero-order chi connectivity index (χ0) is 17.1. The van der Waals surface area contributed by atoms with Gasteiger partial charge >= 0.3 is 0 Å². The summed E-state index contributed by atoms with van der Waals surface area (Å²) in [5.41, 5.74) is 0.508. The van der Waals surface area contributed by atoms with Gasteiger partial charge in [0.05, 0.1) is 11.4 Å². The quantitative estimate of drug-likeness (QED) is 0.850. The van der Waals surface area contributed by atoms with Gasteiger partial charge in [-0.2, -0.15) is 0 Å². The van der Waals surface area contributed by atoms with Gasteiger partial charge in [0.2, 0.25) is 11.8 Å². The number of likely N-dealkylation sites (tertiary alicyclic amines) is 1. The molecule has 2 aliphatic rings. The summed E-state index contributed by atoms with van der Waals surface area (Å²) in [4.78, 5) is 26.4. The highest BCUT2D eigenvalue weighted by Crippen LogP contribution is 2.24. The summed E-state index contributed by atoms with van der Waals surface area (Å²) in [6, 6.07) is 5.86. The van der Waals surface area contributed by atoms with E-state index in [0.29, 0.717) is 37.2 Å². The zero-order valence-electron chi connectivity index (χ0n) is 13.3. The topological polar surface area (TPSA) is 69.6 Å². The van der Waals surface area contributed by atoms with Crippen LogP contribution in [-0.2, 0) is 16.0 Å². The molecular weight excluding hydrogens is 331 g/mol. The normalized spacial score (nSPS) is 27.7. The minimum atomic E-state index is -0.565. The van der Waals surface area contributed by atoms with E-state index < -0.39 is 17.4 Å². The first-order valence-corrected chi connectivity index (χ1v) is 9.21. The van der Waals surface area contributed by atoms with Crippen LogP contribution in [0.15, 0.2) is 24.3 Å². The smallest absolute Gasteiger partial charge is 0.246 e. The van der Waals surface area contributed by atoms with Crippen molar-refractivity contribution in [1.29, 1.82) is 0 Å². The van der Waals surface area contributed by atoms with Gasteiger partial charge in [0.15, 0.2) is 0 Å². The van der Waals surface area contributed by atoms with E-state index in [1.807, 2.05) is 0 Å². The number of hydrogen-bond donors (Lipinski definition) is 2. The van der Waals surface area contributed by atoms with Gasteiger partial charge in [0.1, 0.15) is 11.9 Å². The molecule has 0 radical (unpaired) electrons. The molecule has 1 aromatic carbocycles. The van der Waals surface area contributed by atoms with Gasteiger partial charge in [-0.05, 0) is 30.9 Å². The van der Waals surface area contributed by atoms with E-state index in [4.69, 9.17) is 0 Å². The van der Waals surface area contributed by atoms with E-state index in [1.54, 1.807) is 23.1 Å². The molecule has 2 amide bonds. The second kappa shape index (κ2) is 7.53. The molecule has 24 heavy (non-hydrogen) atoms. The fourth-order valence-corrected chi connectivity index (χ4v) is 4.29. The number of β-amino-alcohol motifs (C(OH)–C–C–N with tert-alkyl or cyclic N) is 1. The Morgan fingerprint density at radius 3 is 2.92 bits per heavy atom. The molecule has 2 aliphatic heterocycles. The van der Waals surface area contributed by atoms with Crippen molar-refractivity contribution in [1.82, 2.24) is 10.2 Å². The molecule has 0 aromatic heterocycles. The Morgan fingerprint density at radius 2 is 2.21 bits per heavy atom. The summed E-state index contributed by atoms with van der Waals surface area (Å²) in [6.07, 6.45) is 1.31. The molecule has 2 heterocycles. The van der Waals surface area contributed by atoms with Crippen molar-refractivity contribution in [2.45, 2.75) is 36.7 Å². The largest absolute Gasteiger partial charge is 0.391 e. The minimum absolute atomic E-state index is 0.140. The van der Waals surface area contributed by atoms with Gasteiger partial charge in [-0.15, -0.1) is 11.8 Å². The summed E-state index contributed by atoms with van der Waals surface area (Å²) >= 11 is 1.39. The summed E-state index contributed by atoms with van der Waals surface area (Å²) in [6.45, 7) is 0.945. The number of nitrogens with zero attached hydrogens (tertiary/aromatic N) is 1. The molecular formula is C17H21FN2O3S. The fraction of sp³-hybridized carbons (Fsp3) is 0.529. The number of nitrogens with one attached hydrogen (secondary N) is 1. The van der Waals surface area contributed by atoms with E-state index in [-0.39, 0.29) is 17.6 Å². The second-order valence-electron chi connectivity index (χ2n) is 6.26. The number of piperidine rings is 1. The van der Waals surface area contributed by atoms with Crippen LogP contribution in [0.3, 0.4) is 0 Å². The molecule has 7 heteroatoms. The molecule has 5 nitrogen and oxygen atoms in total. The van der Waals surface area contributed by atoms with Gasteiger partial charge in [0, 0.05) is 18.8 Å². The van der Waals surface area contributed by atoms with Crippen LogP contribution in [0.2, 0.25) is 0 Å². The van der Waals surface area contributed by atoms with Crippen molar-refractivity contribution in [3.8, 4) is 0 Å². The number of rotatable bonds is 3. The zero-order valence-corrected chi connectivity index (χ0v) is 14.1. The highest BCUT2D eigenvalue weighted by Gasteiger charge is 2.35. The summed E-state index contributed by atoms with van der Waals surface area (Å²) in [5, 5.41) is 12.1. The van der Waals surface area contributed by atoms with Crippen molar-refractivity contribution in [3.05, 3.63) is 35.6 Å². The van der Waals surface area contributed by atoms with Crippen LogP contribution in [-0.4, -0.2) is 58.1 Å². The van der Waals surface area contributed by atoms with E-state index in [9.17, 15) is 19.1 Å². The number of hydrogen-bond acceptors (Lipinski definition) is 4. The average molecular weight is 352 g/mol. The first kappa shape index (κ1) is 17.2. The molecule has 3 rings (SSSR count). The SMILES string of the molecule is O=C1NC(C(=O)N2CCCC(O)C2)CSC1Cc1ccccc1F. The molecule has 2 saturated heterocycles. The number of amides is 2. The van der Waals surface area contributed by atoms with Crippen molar-refractivity contribution >= 4 is 23.6 Å². The Balaban J connectivity index is 1.58. The van der Waals surface area contributed by atoms with Crippen LogP contribution in [0.5, 0.6) is 0 Å². The number of benzene rings is 1. The Kier molecular flexibility index (Phi) is 5.40. The molecule has 0 saturated carbocycles. The summed E-state index contributed by atoms with van der Waals surface area (Å²) < 4.78 is 13.7. The van der Waals surface area contributed by atoms with Gasteiger partial charge in [-0.25, -0.2) is 4.39 Å². The molecule has 3 atom stereocenters. The maximum Gasteiger partial charge on any atom is 0.246 e. The molecule has 0 aliphatic carbocycles. The van der Waals surface area contributed by atoms with E-state index >= 15 is 0 Å². The third kappa shape index (κ3) is 3.89. The number of halogens is 1. The predicted molar refractivity (Wildman–Crippen MR) is 90.1 cm³/mol. The molecule has 1 aromatic rings. The highest BCUT2D eigenvalue weighted by molar-refractivity contribution is 8.00. The summed E-state index contributed by atoms with van der Waals surface area (Å²) in [7, 11) is 0. The monoisotopic (exact) mass is 352 g/mol. The van der Waals surface area contributed by atoms with Gasteiger partial charge in [0.25, 0.3) is 0 Å². The van der Waals surface area contributed by atoms with E-state index in [2.05, 4.69) is 5.32 Å². The van der Waals surface area contributed by atoms with Crippen LogP contribution in [0.25, 0.3) is 0 Å². The van der Waals surface area contributed by atoms with Crippen molar-refractivity contribution < 1.29 is 19.1 Å². The molecule has 2 N–H and O–H groups in total. The third-order valence-electron chi connectivity index (χ3n) is 4.44. The van der Waals surface area contributed by atoms with Crippen LogP contribution in [0.1, 0.15) is 18.4 Å². The van der Waals surface area contributed by atoms with Crippen LogP contribution >= 0.6 is 11.8 Å². The molecule has 3 unspecified atom stereocenters. The Morgan fingerprint density at radius 1 is 1.42 bits per heavy atom. The minimum Gasteiger partial charge on any atom is -0.391 e. The highest BCUT2D eigenvalue weighted by atomic mass is 32.2. The predicted octanol–water partition coefficient (Wildman–Crippen LogP) is 0.952. The van der Waals surface area contributed by atoms with Gasteiger partial charge < -0.3 is 15.3 Å². The van der Waals surface area contributed by atoms with Crippen LogP contribution in [0.4, 0.5) is 4.39 Å². The summed E-state index contributed by atoms with van der Waals surface area (Å²) in [5.74, 6) is -0.216. The number of carbonyl (C=O) groups is 2. The molecule has 130 valence electrons. The Hall–Kier alpha value is -1.60. The Labute approximate surface area is 144 Å². The third-order valence-corrected chi connectivity index (χ3v) is 5.75. The van der Waals surface area contributed by atoms with Crippen molar-refractivity contribution in [2.75, 3.05) is 18.8 Å². The lowest BCUT2D eigenvalue weighted by molar-refractivity contribution is -0.138. The van der Waals surface area contributed by atoms with Crippen molar-refractivity contribution in [3.63, 3.8) is 0 Å². The standard InChI is InChI=1S/C17H21FN2O3S/c18-13-6-2-1-4-11(13)8-15-16(22)19-14(10-24-15)17(23)20-7-3-5-12(21)9-20/h1-2,4,6,12,14-15,21H,3,5,7-10H2,(H,19,22). The molecule has 0 spiro atoms. The molecule has 2 fully saturated rings. The van der Waals surface area contributed by atoms with Crippen LogP contribution < -0.4 is 5.32 Å². The van der Waals surface area contributed by atoms with Gasteiger partial charge in [-0.1, -0.05) is 18.2 Å². The maximum atomic E-state index is 13.7. The van der Waals surface area contributed by atoms with E-state index in [1.165, 1.54) is 17.8 Å². The Bertz CT molecular complexity index is 628. The number of aliphatic hydroxyl groups excluding tert-OH is 1. The lowest BCUT2D eigenvalue weighted by atomic mass is 10.1. The second-order valence-corrected chi connectivity index (χ2v) is 7.49. The van der Waals surface area contributed by atoms with Crippen molar-refractivity contribution in [2.24, 2.45) is 0 Å². The maximum absolute atomic E-state index is 13.7. The molecule has 0 bridgehead atoms. The first-order chi connectivity index (χ1) is 11.5. The average Bonchev–Trinajstić information content (AvgIpc) is 2.58. The van der Waals surface area contributed by atoms with E-state index in [0.717, 1.165) is 6.42 Å².